The first kappa shape index (κ1) is 15.1. The molecule has 3 aromatic carbocycles. The van der Waals surface area contributed by atoms with Crippen molar-refractivity contribution < 1.29 is 0 Å². The molecule has 0 nitrogen and oxygen atoms in total. The van der Waals surface area contributed by atoms with Crippen molar-refractivity contribution in [2.24, 2.45) is 0 Å². The Labute approximate surface area is 141 Å². The number of hydrogen-bond donors (Lipinski definition) is 0. The molecule has 3 aromatic rings. The van der Waals surface area contributed by atoms with E-state index in [1.807, 2.05) is 0 Å². The van der Waals surface area contributed by atoms with Crippen molar-refractivity contribution >= 4 is 15.9 Å². The summed E-state index contributed by atoms with van der Waals surface area (Å²) in [5.74, 6) is 0. The molecule has 0 aromatic heterocycles. The van der Waals surface area contributed by atoms with E-state index in [4.69, 9.17) is 0 Å². The van der Waals surface area contributed by atoms with Crippen molar-refractivity contribution in [3.05, 3.63) is 94.5 Å². The number of aryl methyl sites for hydroxylation is 2. The minimum atomic E-state index is 1.11. The average molecular weight is 351 g/mol. The van der Waals surface area contributed by atoms with Crippen LogP contribution in [-0.4, -0.2) is 0 Å². The van der Waals surface area contributed by atoms with Gasteiger partial charge in [-0.1, -0.05) is 82.7 Å². The van der Waals surface area contributed by atoms with Gasteiger partial charge in [-0.15, -0.1) is 0 Å². The van der Waals surface area contributed by atoms with Crippen LogP contribution >= 0.6 is 15.9 Å². The van der Waals surface area contributed by atoms with Gasteiger partial charge in [-0.05, 0) is 53.6 Å². The van der Waals surface area contributed by atoms with Crippen LogP contribution in [0.25, 0.3) is 11.1 Å². The highest BCUT2D eigenvalue weighted by Crippen LogP contribution is 2.24. The standard InChI is InChI=1S/C21H19Br/c22-20-15-13-17(14-16-20)7-6-11-19-10-4-5-12-21(19)18-8-2-1-3-9-18/h1-5,8-10,12-16H,6-7,11H2. The summed E-state index contributed by atoms with van der Waals surface area (Å²) in [6.45, 7) is 0. The second-order valence-electron chi connectivity index (χ2n) is 5.50. The van der Waals surface area contributed by atoms with Crippen LogP contribution in [0.2, 0.25) is 0 Å². The third-order valence-electron chi connectivity index (χ3n) is 3.93. The molecule has 1 heteroatoms. The quantitative estimate of drug-likeness (QED) is 0.507. The van der Waals surface area contributed by atoms with Crippen molar-refractivity contribution in [3.63, 3.8) is 0 Å². The number of halogens is 1. The fourth-order valence-corrected chi connectivity index (χ4v) is 3.04. The van der Waals surface area contributed by atoms with E-state index in [0.717, 1.165) is 17.3 Å². The second-order valence-corrected chi connectivity index (χ2v) is 6.42. The molecule has 0 saturated heterocycles. The normalized spacial score (nSPS) is 10.6. The highest BCUT2D eigenvalue weighted by molar-refractivity contribution is 9.10. The monoisotopic (exact) mass is 350 g/mol. The van der Waals surface area contributed by atoms with Gasteiger partial charge in [-0.3, -0.25) is 0 Å². The van der Waals surface area contributed by atoms with Crippen molar-refractivity contribution in [3.8, 4) is 11.1 Å². The molecule has 110 valence electrons. The molecule has 0 aliphatic heterocycles. The fourth-order valence-electron chi connectivity index (χ4n) is 2.77. The molecule has 3 rings (SSSR count). The Morgan fingerprint density at radius 3 is 2.09 bits per heavy atom. The van der Waals surface area contributed by atoms with E-state index in [2.05, 4.69) is 94.8 Å². The molecule has 0 fully saturated rings. The van der Waals surface area contributed by atoms with E-state index >= 15 is 0 Å². The van der Waals surface area contributed by atoms with Gasteiger partial charge >= 0.3 is 0 Å². The van der Waals surface area contributed by atoms with Crippen LogP contribution in [0.3, 0.4) is 0 Å². The van der Waals surface area contributed by atoms with Gasteiger partial charge in [0.2, 0.25) is 0 Å². The Morgan fingerprint density at radius 2 is 1.32 bits per heavy atom. The molecule has 0 unspecified atom stereocenters. The lowest BCUT2D eigenvalue weighted by Gasteiger charge is -2.10. The lowest BCUT2D eigenvalue weighted by Crippen LogP contribution is -1.93. The molecule has 0 atom stereocenters. The van der Waals surface area contributed by atoms with Gasteiger partial charge in [0.1, 0.15) is 0 Å². The zero-order chi connectivity index (χ0) is 15.2. The van der Waals surface area contributed by atoms with E-state index in [-0.39, 0.29) is 0 Å². The summed E-state index contributed by atoms with van der Waals surface area (Å²) < 4.78 is 1.14. The number of benzene rings is 3. The van der Waals surface area contributed by atoms with E-state index in [1.165, 1.54) is 28.7 Å². The fraction of sp³-hybridized carbons (Fsp3) is 0.143. The van der Waals surface area contributed by atoms with Gasteiger partial charge in [-0.25, -0.2) is 0 Å². The summed E-state index contributed by atoms with van der Waals surface area (Å²) in [4.78, 5) is 0. The lowest BCUT2D eigenvalue weighted by atomic mass is 9.95. The molecule has 0 aliphatic rings. The number of rotatable bonds is 5. The molecule has 0 spiro atoms. The summed E-state index contributed by atoms with van der Waals surface area (Å²) in [7, 11) is 0. The first-order chi connectivity index (χ1) is 10.8. The van der Waals surface area contributed by atoms with E-state index in [0.29, 0.717) is 0 Å². The van der Waals surface area contributed by atoms with Crippen LogP contribution in [0, 0.1) is 0 Å². The third-order valence-corrected chi connectivity index (χ3v) is 4.46. The van der Waals surface area contributed by atoms with Gasteiger partial charge in [0.25, 0.3) is 0 Å². The van der Waals surface area contributed by atoms with Crippen LogP contribution in [0.5, 0.6) is 0 Å². The zero-order valence-electron chi connectivity index (χ0n) is 12.5. The Bertz CT molecular complexity index is 714. The van der Waals surface area contributed by atoms with Crippen molar-refractivity contribution in [1.29, 1.82) is 0 Å². The Morgan fingerprint density at radius 1 is 0.636 bits per heavy atom. The summed E-state index contributed by atoms with van der Waals surface area (Å²) >= 11 is 3.49. The highest BCUT2D eigenvalue weighted by atomic mass is 79.9. The van der Waals surface area contributed by atoms with Crippen molar-refractivity contribution in [2.45, 2.75) is 19.3 Å². The maximum absolute atomic E-state index is 3.49. The Balaban J connectivity index is 1.69. The topological polar surface area (TPSA) is 0 Å². The zero-order valence-corrected chi connectivity index (χ0v) is 14.1. The second kappa shape index (κ2) is 7.42. The highest BCUT2D eigenvalue weighted by Gasteiger charge is 2.04. The first-order valence-corrected chi connectivity index (χ1v) is 8.50. The molecule has 0 saturated carbocycles. The van der Waals surface area contributed by atoms with Crippen molar-refractivity contribution in [1.82, 2.24) is 0 Å². The molecule has 0 N–H and O–H groups in total. The molecule has 0 aliphatic carbocycles. The molecule has 0 bridgehead atoms. The number of hydrogen-bond acceptors (Lipinski definition) is 0. The van der Waals surface area contributed by atoms with Gasteiger partial charge in [0, 0.05) is 4.47 Å². The van der Waals surface area contributed by atoms with Gasteiger partial charge in [-0.2, -0.15) is 0 Å². The molecule has 0 amide bonds. The van der Waals surface area contributed by atoms with Gasteiger partial charge in [0.15, 0.2) is 0 Å². The van der Waals surface area contributed by atoms with E-state index in [1.54, 1.807) is 0 Å². The molecule has 22 heavy (non-hydrogen) atoms. The van der Waals surface area contributed by atoms with Crippen LogP contribution < -0.4 is 0 Å². The van der Waals surface area contributed by atoms with Gasteiger partial charge < -0.3 is 0 Å². The first-order valence-electron chi connectivity index (χ1n) is 7.71. The van der Waals surface area contributed by atoms with Crippen LogP contribution in [-0.2, 0) is 12.8 Å². The third kappa shape index (κ3) is 3.86. The average Bonchev–Trinajstić information content (AvgIpc) is 2.58. The lowest BCUT2D eigenvalue weighted by molar-refractivity contribution is 0.821. The van der Waals surface area contributed by atoms with Crippen LogP contribution in [0.1, 0.15) is 17.5 Å². The van der Waals surface area contributed by atoms with Crippen molar-refractivity contribution in [2.75, 3.05) is 0 Å². The molecule has 0 radical (unpaired) electrons. The predicted molar refractivity (Wildman–Crippen MR) is 98.0 cm³/mol. The van der Waals surface area contributed by atoms with E-state index < -0.39 is 0 Å². The summed E-state index contributed by atoms with van der Waals surface area (Å²) in [5.41, 5.74) is 5.51. The summed E-state index contributed by atoms with van der Waals surface area (Å²) in [6, 6.07) is 28.0. The minimum Gasteiger partial charge on any atom is -0.0622 e. The molecular formula is C21H19Br. The molecule has 0 heterocycles. The van der Waals surface area contributed by atoms with Crippen LogP contribution in [0.15, 0.2) is 83.3 Å². The molecular weight excluding hydrogens is 332 g/mol. The summed E-state index contributed by atoms with van der Waals surface area (Å²) in [6.07, 6.45) is 3.41. The maximum Gasteiger partial charge on any atom is 0.0175 e. The van der Waals surface area contributed by atoms with Gasteiger partial charge in [0.05, 0.1) is 0 Å². The smallest absolute Gasteiger partial charge is 0.0175 e. The van der Waals surface area contributed by atoms with Crippen LogP contribution in [0.4, 0.5) is 0 Å². The van der Waals surface area contributed by atoms with E-state index in [9.17, 15) is 0 Å². The summed E-state index contributed by atoms with van der Waals surface area (Å²) in [5, 5.41) is 0. The largest absolute Gasteiger partial charge is 0.0622 e. The Kier molecular flexibility index (Phi) is 5.07. The SMILES string of the molecule is Brc1ccc(CCCc2ccccc2-c2ccccc2)cc1. The minimum absolute atomic E-state index is 1.11. The predicted octanol–water partition coefficient (Wildman–Crippen LogP) is 6.29. The maximum atomic E-state index is 3.49. The Hall–Kier alpha value is -1.86.